The predicted molar refractivity (Wildman–Crippen MR) is 118 cm³/mol. The van der Waals surface area contributed by atoms with Crippen molar-refractivity contribution >= 4 is 29.4 Å². The lowest BCUT2D eigenvalue weighted by Gasteiger charge is -2.24. The number of ether oxygens (including phenoxy) is 2. The highest BCUT2D eigenvalue weighted by molar-refractivity contribution is 7.07. The molecule has 3 aromatic rings. The van der Waals surface area contributed by atoms with Crippen LogP contribution in [0.3, 0.4) is 0 Å². The first kappa shape index (κ1) is 21.4. The van der Waals surface area contributed by atoms with E-state index in [1.807, 2.05) is 6.07 Å². The summed E-state index contributed by atoms with van der Waals surface area (Å²) in [6.45, 7) is 3.03. The molecule has 1 atom stereocenters. The number of allylic oxidation sites excluding steroid dienone is 1. The van der Waals surface area contributed by atoms with Gasteiger partial charge in [-0.2, -0.15) is 0 Å². The predicted octanol–water partition coefficient (Wildman–Crippen LogP) is 1.73. The standard InChI is InChI=1S/C23H19N3O5S/c1-13-19(22(29)30-3)20(16-6-8-17(9-7-16)31-14(2)27)26-21(28)18(32-23(26)25-13)11-15-5-4-10-24-12-15/h4-12,20H,1-3H3/t20-/m0/s1. The van der Waals surface area contributed by atoms with Gasteiger partial charge in [0.1, 0.15) is 5.75 Å². The summed E-state index contributed by atoms with van der Waals surface area (Å²) in [7, 11) is 1.29. The summed E-state index contributed by atoms with van der Waals surface area (Å²) in [6.07, 6.45) is 5.06. The molecule has 162 valence electrons. The summed E-state index contributed by atoms with van der Waals surface area (Å²) in [5.74, 6) is -0.639. The first-order valence-electron chi connectivity index (χ1n) is 9.68. The summed E-state index contributed by atoms with van der Waals surface area (Å²) in [6, 6.07) is 9.56. The first-order chi connectivity index (χ1) is 15.4. The summed E-state index contributed by atoms with van der Waals surface area (Å²) < 4.78 is 12.1. The number of carbonyl (C=O) groups excluding carboxylic acids is 2. The van der Waals surface area contributed by atoms with Gasteiger partial charge in [-0.1, -0.05) is 29.5 Å². The minimum Gasteiger partial charge on any atom is -0.466 e. The van der Waals surface area contributed by atoms with Crippen LogP contribution in [0.2, 0.25) is 0 Å². The number of aromatic nitrogens is 2. The topological polar surface area (TPSA) is 99.9 Å². The van der Waals surface area contributed by atoms with Gasteiger partial charge < -0.3 is 9.47 Å². The van der Waals surface area contributed by atoms with Crippen molar-refractivity contribution in [3.05, 3.63) is 90.9 Å². The van der Waals surface area contributed by atoms with E-state index >= 15 is 0 Å². The molecule has 4 rings (SSSR count). The van der Waals surface area contributed by atoms with Crippen LogP contribution in [0.4, 0.5) is 0 Å². The van der Waals surface area contributed by atoms with E-state index in [0.29, 0.717) is 26.3 Å². The molecule has 0 amide bonds. The van der Waals surface area contributed by atoms with Crippen molar-refractivity contribution in [2.24, 2.45) is 4.99 Å². The Morgan fingerprint density at radius 3 is 2.56 bits per heavy atom. The molecule has 0 saturated heterocycles. The number of thiazole rings is 1. The average Bonchev–Trinajstić information content (AvgIpc) is 3.07. The number of fused-ring (bicyclic) bond motifs is 1. The molecule has 1 aliphatic rings. The Bertz CT molecular complexity index is 1400. The second kappa shape index (κ2) is 8.72. The van der Waals surface area contributed by atoms with Gasteiger partial charge in [0.15, 0.2) is 4.80 Å². The number of benzene rings is 1. The van der Waals surface area contributed by atoms with E-state index in [2.05, 4.69) is 9.98 Å². The maximum Gasteiger partial charge on any atom is 0.338 e. The highest BCUT2D eigenvalue weighted by Gasteiger charge is 2.33. The Morgan fingerprint density at radius 2 is 1.94 bits per heavy atom. The quantitative estimate of drug-likeness (QED) is 0.444. The molecule has 1 aromatic carbocycles. The minimum atomic E-state index is -0.735. The molecule has 0 N–H and O–H groups in total. The SMILES string of the molecule is COC(=O)C1=C(C)N=c2sc(=Cc3cccnc3)c(=O)n2[C@H]1c1ccc(OC(C)=O)cc1. The van der Waals surface area contributed by atoms with Gasteiger partial charge in [0.2, 0.25) is 0 Å². The molecule has 0 unspecified atom stereocenters. The Balaban J connectivity index is 1.91. The number of rotatable bonds is 4. The molecular weight excluding hydrogens is 430 g/mol. The van der Waals surface area contributed by atoms with Gasteiger partial charge in [0, 0.05) is 19.3 Å². The highest BCUT2D eigenvalue weighted by atomic mass is 32.1. The first-order valence-corrected chi connectivity index (χ1v) is 10.5. The largest absolute Gasteiger partial charge is 0.466 e. The van der Waals surface area contributed by atoms with Crippen LogP contribution in [0.1, 0.15) is 31.0 Å². The molecule has 0 saturated carbocycles. The van der Waals surface area contributed by atoms with Gasteiger partial charge in [0.25, 0.3) is 5.56 Å². The summed E-state index contributed by atoms with van der Waals surface area (Å²) in [4.78, 5) is 46.3. The molecule has 0 radical (unpaired) electrons. The normalized spacial score (nSPS) is 15.7. The van der Waals surface area contributed by atoms with Gasteiger partial charge in [-0.3, -0.25) is 19.1 Å². The number of nitrogens with zero attached hydrogens (tertiary/aromatic N) is 3. The van der Waals surface area contributed by atoms with Crippen LogP contribution in [0.15, 0.2) is 69.8 Å². The maximum absolute atomic E-state index is 13.4. The minimum absolute atomic E-state index is 0.271. The fourth-order valence-electron chi connectivity index (χ4n) is 3.50. The highest BCUT2D eigenvalue weighted by Crippen LogP contribution is 2.31. The zero-order valence-corrected chi connectivity index (χ0v) is 18.4. The van der Waals surface area contributed by atoms with Crippen LogP contribution >= 0.6 is 11.3 Å². The van der Waals surface area contributed by atoms with Gasteiger partial charge in [-0.05, 0) is 42.3 Å². The average molecular weight is 449 g/mol. The molecule has 3 heterocycles. The smallest absolute Gasteiger partial charge is 0.338 e. The van der Waals surface area contributed by atoms with Crippen molar-refractivity contribution in [2.75, 3.05) is 7.11 Å². The third-order valence-corrected chi connectivity index (χ3v) is 5.85. The Labute approximate surface area is 186 Å². The summed E-state index contributed by atoms with van der Waals surface area (Å²) in [5.41, 5.74) is 1.90. The van der Waals surface area contributed by atoms with E-state index in [1.165, 1.54) is 29.9 Å². The molecule has 32 heavy (non-hydrogen) atoms. The van der Waals surface area contributed by atoms with Crippen molar-refractivity contribution in [1.82, 2.24) is 9.55 Å². The van der Waals surface area contributed by atoms with Crippen molar-refractivity contribution < 1.29 is 19.1 Å². The van der Waals surface area contributed by atoms with Gasteiger partial charge in [0.05, 0.1) is 29.0 Å². The molecular formula is C23H19N3O5S. The van der Waals surface area contributed by atoms with Gasteiger partial charge in [-0.25, -0.2) is 9.79 Å². The zero-order valence-electron chi connectivity index (χ0n) is 17.6. The molecule has 0 spiro atoms. The molecule has 1 aliphatic heterocycles. The van der Waals surface area contributed by atoms with E-state index in [9.17, 15) is 14.4 Å². The molecule has 8 nitrogen and oxygen atoms in total. The third kappa shape index (κ3) is 4.02. The second-order valence-corrected chi connectivity index (χ2v) is 8.03. The van der Waals surface area contributed by atoms with Crippen LogP contribution < -0.4 is 19.6 Å². The fraction of sp³-hybridized carbons (Fsp3) is 0.174. The third-order valence-electron chi connectivity index (χ3n) is 4.87. The maximum atomic E-state index is 13.4. The Hall–Kier alpha value is -3.85. The van der Waals surface area contributed by atoms with Gasteiger partial charge in [-0.15, -0.1) is 0 Å². The monoisotopic (exact) mass is 449 g/mol. The van der Waals surface area contributed by atoms with Crippen LogP contribution in [-0.2, 0) is 14.3 Å². The summed E-state index contributed by atoms with van der Waals surface area (Å²) in [5, 5.41) is 0. The van der Waals surface area contributed by atoms with E-state index in [0.717, 1.165) is 5.56 Å². The number of hydrogen-bond acceptors (Lipinski definition) is 8. The van der Waals surface area contributed by atoms with Crippen molar-refractivity contribution in [3.8, 4) is 5.75 Å². The molecule has 0 aliphatic carbocycles. The zero-order chi connectivity index (χ0) is 22.8. The van der Waals surface area contributed by atoms with E-state index in [4.69, 9.17) is 9.47 Å². The molecule has 0 fully saturated rings. The number of methoxy groups -OCH3 is 1. The Kier molecular flexibility index (Phi) is 5.83. The van der Waals surface area contributed by atoms with Crippen LogP contribution in [0.5, 0.6) is 5.75 Å². The lowest BCUT2D eigenvalue weighted by molar-refractivity contribution is -0.136. The number of esters is 2. The van der Waals surface area contributed by atoms with E-state index in [-0.39, 0.29) is 11.1 Å². The van der Waals surface area contributed by atoms with Crippen molar-refractivity contribution in [1.29, 1.82) is 0 Å². The van der Waals surface area contributed by atoms with Crippen molar-refractivity contribution in [2.45, 2.75) is 19.9 Å². The number of carbonyl (C=O) groups is 2. The van der Waals surface area contributed by atoms with Crippen LogP contribution in [0, 0.1) is 0 Å². The Morgan fingerprint density at radius 1 is 1.19 bits per heavy atom. The number of pyridine rings is 1. The molecule has 9 heteroatoms. The van der Waals surface area contributed by atoms with Gasteiger partial charge >= 0.3 is 11.9 Å². The second-order valence-electron chi connectivity index (χ2n) is 7.02. The fourth-order valence-corrected chi connectivity index (χ4v) is 4.55. The number of hydrogen-bond donors (Lipinski definition) is 0. The van der Waals surface area contributed by atoms with E-state index in [1.54, 1.807) is 55.7 Å². The van der Waals surface area contributed by atoms with E-state index < -0.39 is 18.0 Å². The molecule has 0 bridgehead atoms. The lowest BCUT2D eigenvalue weighted by atomic mass is 9.96. The van der Waals surface area contributed by atoms with Crippen molar-refractivity contribution in [3.63, 3.8) is 0 Å². The summed E-state index contributed by atoms with van der Waals surface area (Å²) >= 11 is 1.24. The lowest BCUT2D eigenvalue weighted by Crippen LogP contribution is -2.39. The van der Waals surface area contributed by atoms with Crippen LogP contribution in [0.25, 0.3) is 6.08 Å². The van der Waals surface area contributed by atoms with Crippen LogP contribution in [-0.4, -0.2) is 28.6 Å². The molecule has 2 aromatic heterocycles.